The van der Waals surface area contributed by atoms with Gasteiger partial charge in [0.1, 0.15) is 0 Å². The number of nitrogens with one attached hydrogen (secondary N) is 1. The average molecular weight is 260 g/mol. The number of hydrogen-bond donors (Lipinski definition) is 1. The van der Waals surface area contributed by atoms with Crippen LogP contribution >= 0.6 is 22.9 Å². The van der Waals surface area contributed by atoms with E-state index in [1.54, 1.807) is 11.3 Å². The topological polar surface area (TPSA) is 38.6 Å². The van der Waals surface area contributed by atoms with Crippen LogP contribution in [0.25, 0.3) is 4.96 Å². The molecule has 0 spiro atoms. The molecule has 2 heterocycles. The van der Waals surface area contributed by atoms with Crippen molar-refractivity contribution < 1.29 is 4.74 Å². The molecule has 16 heavy (non-hydrogen) atoms. The fourth-order valence-electron chi connectivity index (χ4n) is 1.46. The molecular formula is C10H14ClN3OS. The smallest absolute Gasteiger partial charge is 0.195 e. The van der Waals surface area contributed by atoms with Gasteiger partial charge < -0.3 is 10.1 Å². The summed E-state index contributed by atoms with van der Waals surface area (Å²) >= 11 is 7.64. The number of thiazole rings is 1. The van der Waals surface area contributed by atoms with Gasteiger partial charge in [-0.15, -0.1) is 11.3 Å². The lowest BCUT2D eigenvalue weighted by Crippen LogP contribution is -2.20. The molecule has 6 heteroatoms. The Hall–Kier alpha value is -0.620. The van der Waals surface area contributed by atoms with Crippen molar-refractivity contribution in [3.63, 3.8) is 0 Å². The minimum Gasteiger partial charge on any atom is -0.380 e. The Morgan fingerprint density at radius 1 is 1.62 bits per heavy atom. The van der Waals surface area contributed by atoms with Crippen molar-refractivity contribution in [2.24, 2.45) is 0 Å². The summed E-state index contributed by atoms with van der Waals surface area (Å²) in [7, 11) is 0. The predicted molar refractivity (Wildman–Crippen MR) is 66.3 cm³/mol. The maximum absolute atomic E-state index is 6.05. The number of ether oxygens (including phenoxy) is 1. The normalized spacial score (nSPS) is 11.4. The molecule has 0 saturated carbocycles. The molecule has 0 radical (unpaired) electrons. The Morgan fingerprint density at radius 2 is 2.50 bits per heavy atom. The Labute approximate surface area is 103 Å². The van der Waals surface area contributed by atoms with Crippen LogP contribution in [0.15, 0.2) is 11.6 Å². The Bertz CT molecular complexity index is 454. The van der Waals surface area contributed by atoms with Crippen LogP contribution < -0.4 is 5.32 Å². The van der Waals surface area contributed by atoms with Gasteiger partial charge in [0.2, 0.25) is 0 Å². The van der Waals surface area contributed by atoms with E-state index in [0.29, 0.717) is 11.7 Å². The second-order valence-corrected chi connectivity index (χ2v) is 4.51. The highest BCUT2D eigenvalue weighted by Gasteiger charge is 2.09. The highest BCUT2D eigenvalue weighted by atomic mass is 35.5. The highest BCUT2D eigenvalue weighted by molar-refractivity contribution is 7.15. The molecular weight excluding hydrogens is 246 g/mol. The molecule has 1 N–H and O–H groups in total. The zero-order chi connectivity index (χ0) is 11.4. The van der Waals surface area contributed by atoms with Gasteiger partial charge in [-0.2, -0.15) is 0 Å². The number of nitrogens with zero attached hydrogens (tertiary/aromatic N) is 2. The van der Waals surface area contributed by atoms with Crippen LogP contribution in [0.1, 0.15) is 12.6 Å². The third-order valence-corrected chi connectivity index (χ3v) is 3.29. The van der Waals surface area contributed by atoms with Crippen molar-refractivity contribution in [2.75, 3.05) is 19.8 Å². The third-order valence-electron chi connectivity index (χ3n) is 2.23. The molecule has 0 aliphatic carbocycles. The molecule has 2 aromatic heterocycles. The molecule has 0 atom stereocenters. The number of imidazole rings is 1. The van der Waals surface area contributed by atoms with Crippen molar-refractivity contribution in [3.8, 4) is 0 Å². The highest BCUT2D eigenvalue weighted by Crippen LogP contribution is 2.20. The zero-order valence-electron chi connectivity index (χ0n) is 9.07. The van der Waals surface area contributed by atoms with Crippen molar-refractivity contribution in [3.05, 3.63) is 22.4 Å². The summed E-state index contributed by atoms with van der Waals surface area (Å²) in [5.41, 5.74) is 1.01. The zero-order valence-corrected chi connectivity index (χ0v) is 10.6. The van der Waals surface area contributed by atoms with E-state index in [9.17, 15) is 0 Å². The minimum absolute atomic E-state index is 0.579. The Balaban J connectivity index is 1.93. The summed E-state index contributed by atoms with van der Waals surface area (Å²) in [5, 5.41) is 5.86. The number of aromatic nitrogens is 2. The summed E-state index contributed by atoms with van der Waals surface area (Å²) in [6.07, 6.45) is 1.98. The molecule has 4 nitrogen and oxygen atoms in total. The summed E-state index contributed by atoms with van der Waals surface area (Å²) in [4.78, 5) is 5.20. The maximum Gasteiger partial charge on any atom is 0.195 e. The van der Waals surface area contributed by atoms with Gasteiger partial charge in [0.15, 0.2) is 10.1 Å². The first-order valence-corrected chi connectivity index (χ1v) is 6.47. The molecule has 0 amide bonds. The molecule has 0 unspecified atom stereocenters. The Kier molecular flexibility index (Phi) is 4.17. The lowest BCUT2D eigenvalue weighted by atomic mass is 10.4. The van der Waals surface area contributed by atoms with Crippen LogP contribution in [0.5, 0.6) is 0 Å². The van der Waals surface area contributed by atoms with Gasteiger partial charge in [0.05, 0.1) is 12.3 Å². The van der Waals surface area contributed by atoms with Gasteiger partial charge in [0.25, 0.3) is 0 Å². The first-order chi connectivity index (χ1) is 7.83. The summed E-state index contributed by atoms with van der Waals surface area (Å²) in [5.74, 6) is 0. The lowest BCUT2D eigenvalue weighted by Gasteiger charge is -2.04. The van der Waals surface area contributed by atoms with E-state index in [0.717, 1.165) is 30.4 Å². The van der Waals surface area contributed by atoms with Gasteiger partial charge in [-0.1, -0.05) is 11.6 Å². The van der Waals surface area contributed by atoms with Gasteiger partial charge in [-0.05, 0) is 6.92 Å². The fraction of sp³-hybridized carbons (Fsp3) is 0.500. The van der Waals surface area contributed by atoms with E-state index < -0.39 is 0 Å². The second-order valence-electron chi connectivity index (χ2n) is 3.28. The Morgan fingerprint density at radius 3 is 3.31 bits per heavy atom. The average Bonchev–Trinajstić information content (AvgIpc) is 2.80. The third kappa shape index (κ3) is 2.55. The predicted octanol–water partition coefficient (Wildman–Crippen LogP) is 2.18. The summed E-state index contributed by atoms with van der Waals surface area (Å²) < 4.78 is 7.25. The summed E-state index contributed by atoms with van der Waals surface area (Å²) in [6.45, 7) is 5.00. The SMILES string of the molecule is CCOCCNCc1c(Cl)nc2sccn12. The van der Waals surface area contributed by atoms with Gasteiger partial charge >= 0.3 is 0 Å². The molecule has 0 aromatic carbocycles. The van der Waals surface area contributed by atoms with Crippen molar-refractivity contribution >= 4 is 27.9 Å². The van der Waals surface area contributed by atoms with Crippen LogP contribution in [-0.2, 0) is 11.3 Å². The molecule has 0 bridgehead atoms. The van der Waals surface area contributed by atoms with E-state index in [2.05, 4.69) is 10.3 Å². The fourth-order valence-corrected chi connectivity index (χ4v) is 2.48. The number of hydrogen-bond acceptors (Lipinski definition) is 4. The first kappa shape index (κ1) is 11.9. The lowest BCUT2D eigenvalue weighted by molar-refractivity contribution is 0.149. The van der Waals surface area contributed by atoms with Crippen LogP contribution in [0.3, 0.4) is 0 Å². The van der Waals surface area contributed by atoms with E-state index in [1.165, 1.54) is 0 Å². The molecule has 0 saturated heterocycles. The number of fused-ring (bicyclic) bond motifs is 1. The number of halogens is 1. The summed E-state index contributed by atoms with van der Waals surface area (Å²) in [6, 6.07) is 0. The standard InChI is InChI=1S/C10H14ClN3OS/c1-2-15-5-3-12-7-8-9(11)13-10-14(8)4-6-16-10/h4,6,12H,2-3,5,7H2,1H3. The van der Waals surface area contributed by atoms with E-state index in [-0.39, 0.29) is 0 Å². The van der Waals surface area contributed by atoms with Crippen molar-refractivity contribution in [1.82, 2.24) is 14.7 Å². The maximum atomic E-state index is 6.05. The minimum atomic E-state index is 0.579. The molecule has 0 aliphatic rings. The molecule has 2 aromatic rings. The van der Waals surface area contributed by atoms with Crippen LogP contribution in [-0.4, -0.2) is 29.1 Å². The molecule has 88 valence electrons. The van der Waals surface area contributed by atoms with Crippen molar-refractivity contribution in [1.29, 1.82) is 0 Å². The largest absolute Gasteiger partial charge is 0.380 e. The van der Waals surface area contributed by atoms with Crippen LogP contribution in [0, 0.1) is 0 Å². The molecule has 0 aliphatic heterocycles. The van der Waals surface area contributed by atoms with Crippen LogP contribution in [0.4, 0.5) is 0 Å². The molecule has 2 rings (SSSR count). The van der Waals surface area contributed by atoms with Crippen LogP contribution in [0.2, 0.25) is 5.15 Å². The van der Waals surface area contributed by atoms with E-state index >= 15 is 0 Å². The van der Waals surface area contributed by atoms with Gasteiger partial charge in [-0.3, -0.25) is 4.40 Å². The van der Waals surface area contributed by atoms with Gasteiger partial charge in [0, 0.05) is 31.3 Å². The van der Waals surface area contributed by atoms with Crippen molar-refractivity contribution in [2.45, 2.75) is 13.5 Å². The van der Waals surface area contributed by atoms with E-state index in [1.807, 2.05) is 22.9 Å². The molecule has 0 fully saturated rings. The quantitative estimate of drug-likeness (QED) is 0.808. The van der Waals surface area contributed by atoms with Gasteiger partial charge in [-0.25, -0.2) is 4.98 Å². The van der Waals surface area contributed by atoms with E-state index in [4.69, 9.17) is 16.3 Å². The monoisotopic (exact) mass is 259 g/mol. The second kappa shape index (κ2) is 5.63. The first-order valence-electron chi connectivity index (χ1n) is 5.21. The number of rotatable bonds is 6.